The minimum absolute atomic E-state index is 0.108. The van der Waals surface area contributed by atoms with Crippen molar-refractivity contribution in [3.8, 4) is 0 Å². The molecule has 2 atom stereocenters. The number of anilines is 1. The number of amides is 1. The van der Waals surface area contributed by atoms with E-state index in [1.165, 1.54) is 11.1 Å². The Morgan fingerprint density at radius 1 is 1.32 bits per heavy atom. The van der Waals surface area contributed by atoms with Crippen molar-refractivity contribution in [2.24, 2.45) is 17.6 Å². The summed E-state index contributed by atoms with van der Waals surface area (Å²) in [7, 11) is 1.87. The Balaban J connectivity index is 2.16. The van der Waals surface area contributed by atoms with E-state index in [4.69, 9.17) is 5.73 Å². The summed E-state index contributed by atoms with van der Waals surface area (Å²) in [6.45, 7) is 4.79. The van der Waals surface area contributed by atoms with Gasteiger partial charge in [-0.2, -0.15) is 0 Å². The first-order valence-electron chi connectivity index (χ1n) is 7.09. The molecule has 3 heteroatoms. The molecular weight excluding hydrogens is 236 g/mol. The average molecular weight is 260 g/mol. The van der Waals surface area contributed by atoms with Gasteiger partial charge >= 0.3 is 0 Å². The van der Waals surface area contributed by atoms with E-state index in [0.717, 1.165) is 24.9 Å². The fraction of sp³-hybridized carbons (Fsp3) is 0.562. The van der Waals surface area contributed by atoms with Gasteiger partial charge in [0.05, 0.1) is 0 Å². The predicted molar refractivity (Wildman–Crippen MR) is 79.2 cm³/mol. The van der Waals surface area contributed by atoms with Crippen LogP contribution in [-0.4, -0.2) is 19.5 Å². The third-order valence-electron chi connectivity index (χ3n) is 4.49. The van der Waals surface area contributed by atoms with E-state index in [1.54, 1.807) is 4.90 Å². The summed E-state index contributed by atoms with van der Waals surface area (Å²) < 4.78 is 0. The van der Waals surface area contributed by atoms with Crippen LogP contribution in [0.1, 0.15) is 30.4 Å². The molecule has 1 aliphatic rings. The van der Waals surface area contributed by atoms with Gasteiger partial charge < -0.3 is 10.6 Å². The fourth-order valence-electron chi connectivity index (χ4n) is 2.95. The van der Waals surface area contributed by atoms with E-state index < -0.39 is 0 Å². The molecule has 1 aromatic rings. The monoisotopic (exact) mass is 260 g/mol. The Morgan fingerprint density at radius 2 is 2.05 bits per heavy atom. The first-order chi connectivity index (χ1) is 9.04. The number of rotatable bonds is 3. The van der Waals surface area contributed by atoms with Crippen molar-refractivity contribution in [3.63, 3.8) is 0 Å². The molecule has 1 aromatic carbocycles. The van der Waals surface area contributed by atoms with Gasteiger partial charge in [-0.05, 0) is 62.4 Å². The lowest BCUT2D eigenvalue weighted by Gasteiger charge is -2.25. The molecule has 2 rings (SSSR count). The fourth-order valence-corrected chi connectivity index (χ4v) is 2.95. The standard InChI is InChI=1S/C16H24N2O/c1-11-7-8-14(9-12(11)2)18(3)16(19)15-6-4-5-13(15)10-17/h7-9,13,15H,4-6,10,17H2,1-3H3/t13-,15-/m1/s1. The van der Waals surface area contributed by atoms with E-state index in [1.807, 2.05) is 13.1 Å². The molecule has 104 valence electrons. The van der Waals surface area contributed by atoms with Gasteiger partial charge in [0.15, 0.2) is 0 Å². The molecule has 1 amide bonds. The summed E-state index contributed by atoms with van der Waals surface area (Å²) in [5.41, 5.74) is 9.23. The maximum atomic E-state index is 12.6. The van der Waals surface area contributed by atoms with E-state index in [9.17, 15) is 4.79 Å². The van der Waals surface area contributed by atoms with Gasteiger partial charge in [-0.1, -0.05) is 12.5 Å². The number of nitrogens with zero attached hydrogens (tertiary/aromatic N) is 1. The summed E-state index contributed by atoms with van der Waals surface area (Å²) >= 11 is 0. The quantitative estimate of drug-likeness (QED) is 0.908. The minimum atomic E-state index is 0.108. The molecule has 0 spiro atoms. The highest BCUT2D eigenvalue weighted by atomic mass is 16.2. The van der Waals surface area contributed by atoms with Crippen molar-refractivity contribution >= 4 is 11.6 Å². The maximum absolute atomic E-state index is 12.6. The first kappa shape index (κ1) is 14.1. The van der Waals surface area contributed by atoms with Crippen molar-refractivity contribution in [1.29, 1.82) is 0 Å². The van der Waals surface area contributed by atoms with Crippen LogP contribution in [-0.2, 0) is 4.79 Å². The second-order valence-corrected chi connectivity index (χ2v) is 5.70. The van der Waals surface area contributed by atoms with Crippen molar-refractivity contribution in [2.45, 2.75) is 33.1 Å². The van der Waals surface area contributed by atoms with Crippen molar-refractivity contribution in [1.82, 2.24) is 0 Å². The van der Waals surface area contributed by atoms with E-state index in [2.05, 4.69) is 26.0 Å². The van der Waals surface area contributed by atoms with Crippen LogP contribution < -0.4 is 10.6 Å². The average Bonchev–Trinajstić information content (AvgIpc) is 2.88. The van der Waals surface area contributed by atoms with Crippen LogP contribution in [0.4, 0.5) is 5.69 Å². The second kappa shape index (κ2) is 5.74. The van der Waals surface area contributed by atoms with Gasteiger partial charge in [0, 0.05) is 18.7 Å². The van der Waals surface area contributed by atoms with Gasteiger partial charge in [0.1, 0.15) is 0 Å². The van der Waals surface area contributed by atoms with Crippen molar-refractivity contribution < 1.29 is 4.79 Å². The van der Waals surface area contributed by atoms with E-state index in [0.29, 0.717) is 12.5 Å². The van der Waals surface area contributed by atoms with Gasteiger partial charge in [-0.25, -0.2) is 0 Å². The van der Waals surface area contributed by atoms with E-state index in [-0.39, 0.29) is 11.8 Å². The lowest BCUT2D eigenvalue weighted by molar-refractivity contribution is -0.123. The number of benzene rings is 1. The number of nitrogens with two attached hydrogens (primary N) is 1. The zero-order valence-corrected chi connectivity index (χ0v) is 12.1. The van der Waals surface area contributed by atoms with Gasteiger partial charge in [0.25, 0.3) is 0 Å². The molecule has 1 aliphatic carbocycles. The molecule has 0 aliphatic heterocycles. The van der Waals surface area contributed by atoms with Crippen LogP contribution in [0.3, 0.4) is 0 Å². The van der Waals surface area contributed by atoms with Gasteiger partial charge in [-0.3, -0.25) is 4.79 Å². The molecule has 3 nitrogen and oxygen atoms in total. The second-order valence-electron chi connectivity index (χ2n) is 5.70. The third kappa shape index (κ3) is 2.81. The van der Waals surface area contributed by atoms with Crippen LogP contribution in [0.25, 0.3) is 0 Å². The molecule has 0 saturated heterocycles. The topological polar surface area (TPSA) is 46.3 Å². The molecule has 0 radical (unpaired) electrons. The zero-order valence-electron chi connectivity index (χ0n) is 12.1. The normalized spacial score (nSPS) is 22.5. The number of carbonyl (C=O) groups is 1. The van der Waals surface area contributed by atoms with E-state index >= 15 is 0 Å². The summed E-state index contributed by atoms with van der Waals surface area (Å²) in [6.07, 6.45) is 3.20. The maximum Gasteiger partial charge on any atom is 0.230 e. The molecule has 0 bridgehead atoms. The Kier molecular flexibility index (Phi) is 4.25. The summed E-state index contributed by atoms with van der Waals surface area (Å²) in [5.74, 6) is 0.689. The smallest absolute Gasteiger partial charge is 0.230 e. The van der Waals surface area contributed by atoms with Crippen LogP contribution in [0.15, 0.2) is 18.2 Å². The van der Waals surface area contributed by atoms with Crippen molar-refractivity contribution in [2.75, 3.05) is 18.5 Å². The molecule has 1 fully saturated rings. The third-order valence-corrected chi connectivity index (χ3v) is 4.49. The minimum Gasteiger partial charge on any atom is -0.330 e. The lowest BCUT2D eigenvalue weighted by atomic mass is 9.94. The predicted octanol–water partition coefficient (Wildman–Crippen LogP) is 2.64. The number of aryl methyl sites for hydroxylation is 2. The zero-order chi connectivity index (χ0) is 14.0. The number of hydrogen-bond donors (Lipinski definition) is 1. The molecule has 0 unspecified atom stereocenters. The largest absolute Gasteiger partial charge is 0.330 e. The highest BCUT2D eigenvalue weighted by Crippen LogP contribution is 2.33. The van der Waals surface area contributed by atoms with Crippen molar-refractivity contribution in [3.05, 3.63) is 29.3 Å². The SMILES string of the molecule is Cc1ccc(N(C)C(=O)[C@@H]2CCC[C@@H]2CN)cc1C. The molecule has 19 heavy (non-hydrogen) atoms. The molecule has 0 heterocycles. The highest BCUT2D eigenvalue weighted by Gasteiger charge is 2.34. The van der Waals surface area contributed by atoms with Crippen LogP contribution in [0, 0.1) is 25.7 Å². The van der Waals surface area contributed by atoms with Crippen LogP contribution in [0.2, 0.25) is 0 Å². The first-order valence-corrected chi connectivity index (χ1v) is 7.09. The lowest BCUT2D eigenvalue weighted by Crippen LogP contribution is -2.36. The Labute approximate surface area is 115 Å². The number of carbonyl (C=O) groups excluding carboxylic acids is 1. The molecule has 1 saturated carbocycles. The Bertz CT molecular complexity index is 470. The van der Waals surface area contributed by atoms with Crippen LogP contribution >= 0.6 is 0 Å². The summed E-state index contributed by atoms with van der Waals surface area (Å²) in [4.78, 5) is 14.4. The molecular formula is C16H24N2O. The van der Waals surface area contributed by atoms with Gasteiger partial charge in [-0.15, -0.1) is 0 Å². The summed E-state index contributed by atoms with van der Waals surface area (Å²) in [6, 6.07) is 6.18. The van der Waals surface area contributed by atoms with Crippen LogP contribution in [0.5, 0.6) is 0 Å². The highest BCUT2D eigenvalue weighted by molar-refractivity contribution is 5.95. The number of hydrogen-bond acceptors (Lipinski definition) is 2. The Hall–Kier alpha value is -1.35. The Morgan fingerprint density at radius 3 is 2.68 bits per heavy atom. The molecule has 2 N–H and O–H groups in total. The molecule has 0 aromatic heterocycles. The summed E-state index contributed by atoms with van der Waals surface area (Å²) in [5, 5.41) is 0. The van der Waals surface area contributed by atoms with Gasteiger partial charge in [0.2, 0.25) is 5.91 Å².